The van der Waals surface area contributed by atoms with Crippen LogP contribution in [0.4, 0.5) is 0 Å². The van der Waals surface area contributed by atoms with Gasteiger partial charge in [-0.1, -0.05) is 0 Å². The highest BCUT2D eigenvalue weighted by Gasteiger charge is 2.33. The molecule has 5 heavy (non-hydrogen) atoms. The molecule has 1 aliphatic carbocycles. The molecule has 0 amide bonds. The maximum Gasteiger partial charge on any atom is 0.0622 e. The van der Waals surface area contributed by atoms with Gasteiger partial charge in [0.2, 0.25) is 0 Å². The molecule has 0 aromatic carbocycles. The van der Waals surface area contributed by atoms with Crippen LogP contribution in [-0.4, -0.2) is 10.7 Å². The zero-order valence-corrected chi connectivity index (χ0v) is 2.86. The van der Waals surface area contributed by atoms with Crippen molar-refractivity contribution in [2.75, 3.05) is 0 Å². The summed E-state index contributed by atoms with van der Waals surface area (Å²) in [7, 11) is 0. The quantitative estimate of drug-likeness (QED) is 0.445. The summed E-state index contributed by atoms with van der Waals surface area (Å²) in [5.74, 6) is 0. The fourth-order valence-corrected chi connectivity index (χ4v) is 0.118. The molecular formula is C4H8O. The second kappa shape index (κ2) is 0.548. The Kier molecular flexibility index (Phi) is 0.134. The smallest absolute Gasteiger partial charge is 0.0622 e. The summed E-state index contributed by atoms with van der Waals surface area (Å²) in [6, 6.07) is 0. The molecule has 1 saturated carbocycles. The van der Waals surface area contributed by atoms with Gasteiger partial charge in [-0.15, -0.1) is 0 Å². The van der Waals surface area contributed by atoms with Gasteiger partial charge < -0.3 is 5.11 Å². The van der Waals surface area contributed by atoms with E-state index >= 15 is 0 Å². The number of hydrogen-bond acceptors (Lipinski definition) is 1. The molecule has 0 unspecified atom stereocenters. The third kappa shape index (κ3) is 0.618. The van der Waals surface area contributed by atoms with Crippen LogP contribution in [0.3, 0.4) is 0 Å². The Morgan fingerprint density at radius 3 is 2.60 bits per heavy atom. The first-order valence-electron chi connectivity index (χ1n) is 3.18. The van der Waals surface area contributed by atoms with Crippen molar-refractivity contribution in [2.45, 2.75) is 25.3 Å². The minimum atomic E-state index is -2.15. The van der Waals surface area contributed by atoms with E-state index in [9.17, 15) is 0 Å². The molecule has 0 aliphatic heterocycles. The molecule has 0 radical (unpaired) electrons. The van der Waals surface area contributed by atoms with Crippen LogP contribution in [0, 0.1) is 0 Å². The van der Waals surface area contributed by atoms with E-state index in [0.29, 0.717) is 12.8 Å². The average Bonchev–Trinajstić information content (AvgIpc) is 2.16. The molecule has 0 atom stereocenters. The molecule has 1 rings (SSSR count). The lowest BCUT2D eigenvalue weighted by Gasteiger charge is -1.86. The highest BCUT2D eigenvalue weighted by Crippen LogP contribution is 2.33. The zero-order valence-electron chi connectivity index (χ0n) is 5.86. The molecule has 0 saturated heterocycles. The van der Waals surface area contributed by atoms with E-state index in [2.05, 4.69) is 0 Å². The Morgan fingerprint density at radius 2 is 2.60 bits per heavy atom. The number of rotatable bonds is 0. The van der Waals surface area contributed by atoms with Crippen molar-refractivity contribution in [3.63, 3.8) is 0 Å². The van der Waals surface area contributed by atoms with Crippen LogP contribution in [0.2, 0.25) is 0 Å². The molecular weight excluding hydrogens is 64.0 g/mol. The highest BCUT2D eigenvalue weighted by atomic mass is 16.3. The van der Waals surface area contributed by atoms with E-state index in [1.54, 1.807) is 0 Å². The van der Waals surface area contributed by atoms with Gasteiger partial charge in [0.15, 0.2) is 0 Å². The van der Waals surface area contributed by atoms with Crippen molar-refractivity contribution < 1.29 is 9.22 Å². The summed E-state index contributed by atoms with van der Waals surface area (Å²) in [6.45, 7) is -2.15. The summed E-state index contributed by atoms with van der Waals surface area (Å²) >= 11 is 0. The normalized spacial score (nSPS) is 41.4. The van der Waals surface area contributed by atoms with E-state index in [4.69, 9.17) is 9.22 Å². The van der Waals surface area contributed by atoms with Crippen molar-refractivity contribution in [3.05, 3.63) is 0 Å². The predicted octanol–water partition coefficient (Wildman–Crippen LogP) is 0.531. The first-order valence-corrected chi connectivity index (χ1v) is 1.68. The van der Waals surface area contributed by atoms with Gasteiger partial charge in [-0.25, -0.2) is 0 Å². The Morgan fingerprint density at radius 1 is 2.00 bits per heavy atom. The van der Waals surface area contributed by atoms with Crippen LogP contribution < -0.4 is 0 Å². The van der Waals surface area contributed by atoms with Gasteiger partial charge in [0, 0.05) is 4.11 Å². The van der Waals surface area contributed by atoms with E-state index in [1.165, 1.54) is 0 Å². The molecule has 0 aromatic heterocycles. The Hall–Kier alpha value is -0.0400. The molecule has 0 spiro atoms. The predicted molar refractivity (Wildman–Crippen MR) is 19.9 cm³/mol. The summed E-state index contributed by atoms with van der Waals surface area (Å²) in [6.07, 6.45) is 0.868. The molecule has 1 N–H and O–H groups in total. The van der Waals surface area contributed by atoms with Crippen molar-refractivity contribution >= 4 is 0 Å². The lowest BCUT2D eigenvalue weighted by atomic mass is 10.4. The number of aliphatic hydroxyl groups is 1. The van der Waals surface area contributed by atoms with Crippen molar-refractivity contribution in [1.82, 2.24) is 0 Å². The van der Waals surface area contributed by atoms with Gasteiger partial charge in [-0.2, -0.15) is 0 Å². The minimum absolute atomic E-state index is 0.434. The molecule has 1 aliphatic rings. The van der Waals surface area contributed by atoms with E-state index in [1.807, 2.05) is 0 Å². The fraction of sp³-hybridized carbons (Fsp3) is 1.00. The van der Waals surface area contributed by atoms with Crippen LogP contribution in [0.1, 0.15) is 23.8 Å². The maximum atomic E-state index is 8.90. The molecule has 1 heteroatoms. The second-order valence-electron chi connectivity index (χ2n) is 1.53. The molecule has 1 nitrogen and oxygen atoms in total. The third-order valence-corrected chi connectivity index (χ3v) is 0.724. The summed E-state index contributed by atoms with van der Waals surface area (Å²) in [5.41, 5.74) is -1.31. The summed E-state index contributed by atoms with van der Waals surface area (Å²) < 4.78 is 20.2. The second-order valence-corrected chi connectivity index (χ2v) is 1.53. The van der Waals surface area contributed by atoms with Crippen LogP contribution >= 0.6 is 0 Å². The zero-order chi connectivity index (χ0) is 6.41. The van der Waals surface area contributed by atoms with Gasteiger partial charge in [0.1, 0.15) is 0 Å². The van der Waals surface area contributed by atoms with E-state index < -0.39 is 12.5 Å². The fourth-order valence-electron chi connectivity index (χ4n) is 0.118. The number of hydrogen-bond donors (Lipinski definition) is 1. The first-order chi connectivity index (χ1) is 3.46. The molecule has 0 bridgehead atoms. The Bertz CT molecular complexity index is 99.1. The SMILES string of the molecule is [2H]C([2H])([2H])C1(O)CC1. The lowest BCUT2D eigenvalue weighted by molar-refractivity contribution is 0.172. The summed E-state index contributed by atoms with van der Waals surface area (Å²) in [4.78, 5) is 0. The van der Waals surface area contributed by atoms with Crippen LogP contribution in [0.25, 0.3) is 0 Å². The Labute approximate surface area is 35.8 Å². The molecule has 0 heterocycles. The van der Waals surface area contributed by atoms with Gasteiger partial charge in [0.05, 0.1) is 5.60 Å². The van der Waals surface area contributed by atoms with Crippen LogP contribution in [0.5, 0.6) is 0 Å². The van der Waals surface area contributed by atoms with Crippen LogP contribution in [-0.2, 0) is 0 Å². The van der Waals surface area contributed by atoms with E-state index in [-0.39, 0.29) is 0 Å². The maximum absolute atomic E-state index is 8.90. The van der Waals surface area contributed by atoms with Gasteiger partial charge in [-0.05, 0) is 19.7 Å². The standard InChI is InChI=1S/C4H8O/c1-4(5)2-3-4/h5H,2-3H2,1H3/i1D3. The largest absolute Gasteiger partial charge is 0.390 e. The summed E-state index contributed by atoms with van der Waals surface area (Å²) in [5, 5.41) is 8.90. The van der Waals surface area contributed by atoms with Gasteiger partial charge >= 0.3 is 0 Å². The van der Waals surface area contributed by atoms with Crippen molar-refractivity contribution in [1.29, 1.82) is 0 Å². The van der Waals surface area contributed by atoms with Gasteiger partial charge in [-0.3, -0.25) is 0 Å². The van der Waals surface area contributed by atoms with Crippen LogP contribution in [0.15, 0.2) is 0 Å². The molecule has 1 fully saturated rings. The minimum Gasteiger partial charge on any atom is -0.390 e. The third-order valence-electron chi connectivity index (χ3n) is 0.724. The lowest BCUT2D eigenvalue weighted by Crippen LogP contribution is -1.94. The monoisotopic (exact) mass is 75.1 g/mol. The highest BCUT2D eigenvalue weighted by molar-refractivity contribution is 4.87. The average molecular weight is 75.1 g/mol. The Balaban J connectivity index is 2.58. The molecule has 30 valence electrons. The molecule has 0 aromatic rings. The topological polar surface area (TPSA) is 20.2 Å². The van der Waals surface area contributed by atoms with E-state index in [0.717, 1.165) is 0 Å². The van der Waals surface area contributed by atoms with Crippen molar-refractivity contribution in [2.24, 2.45) is 0 Å². The first kappa shape index (κ1) is 1.23. The van der Waals surface area contributed by atoms with Crippen molar-refractivity contribution in [3.8, 4) is 0 Å². The van der Waals surface area contributed by atoms with Gasteiger partial charge in [0.25, 0.3) is 0 Å².